The maximum Gasteiger partial charge on any atom is 0.259 e. The number of guanidine groups is 1. The van der Waals surface area contributed by atoms with E-state index in [1.54, 1.807) is 14.1 Å². The largest absolute Gasteiger partial charge is 0.484 e. The molecule has 0 saturated carbocycles. The van der Waals surface area contributed by atoms with Gasteiger partial charge < -0.3 is 19.9 Å². The van der Waals surface area contributed by atoms with Crippen LogP contribution in [-0.2, 0) is 11.3 Å². The number of rotatable bonds is 12. The highest BCUT2D eigenvalue weighted by Crippen LogP contribution is 2.14. The summed E-state index contributed by atoms with van der Waals surface area (Å²) in [6, 6.07) is 7.74. The van der Waals surface area contributed by atoms with Gasteiger partial charge in [-0.3, -0.25) is 4.79 Å². The Morgan fingerprint density at radius 3 is 2.71 bits per heavy atom. The van der Waals surface area contributed by atoms with E-state index in [0.29, 0.717) is 12.3 Å². The van der Waals surface area contributed by atoms with E-state index < -0.39 is 0 Å². The second-order valence-corrected chi connectivity index (χ2v) is 6.95. The Balaban J connectivity index is 2.62. The van der Waals surface area contributed by atoms with Gasteiger partial charge in [0.05, 0.1) is 6.54 Å². The van der Waals surface area contributed by atoms with Crippen LogP contribution >= 0.6 is 0 Å². The van der Waals surface area contributed by atoms with Gasteiger partial charge in [-0.15, -0.1) is 6.58 Å². The molecule has 0 aliphatic rings. The molecule has 0 fully saturated rings. The van der Waals surface area contributed by atoms with E-state index >= 15 is 0 Å². The third-order valence-electron chi connectivity index (χ3n) is 4.27. The molecule has 0 heterocycles. The number of nitrogens with one attached hydrogen (secondary N) is 1. The molecule has 6 heteroatoms. The van der Waals surface area contributed by atoms with Crippen molar-refractivity contribution in [1.29, 1.82) is 0 Å². The number of likely N-dealkylation sites (N-methyl/N-ethyl adjacent to an activating group) is 1. The Kier molecular flexibility index (Phi) is 11.5. The van der Waals surface area contributed by atoms with Crippen molar-refractivity contribution in [2.75, 3.05) is 40.8 Å². The molecule has 1 N–H and O–H groups in total. The Hall–Kier alpha value is -2.50. The summed E-state index contributed by atoms with van der Waals surface area (Å²) >= 11 is 0. The highest BCUT2D eigenvalue weighted by molar-refractivity contribution is 5.79. The summed E-state index contributed by atoms with van der Waals surface area (Å²) in [6.07, 6.45) is 6.58. The first-order valence-corrected chi connectivity index (χ1v) is 10.00. The summed E-state index contributed by atoms with van der Waals surface area (Å²) in [4.78, 5) is 20.1. The summed E-state index contributed by atoms with van der Waals surface area (Å²) in [5.74, 6) is 1.52. The van der Waals surface area contributed by atoms with Crippen molar-refractivity contribution in [1.82, 2.24) is 15.1 Å². The minimum atomic E-state index is -0.0624. The van der Waals surface area contributed by atoms with Crippen LogP contribution in [-0.4, -0.2) is 62.5 Å². The SMILES string of the molecule is C=CCCCCCN(C)C(=NCc1cccc(OCC(=O)N(C)C)c1)NCC. The first-order chi connectivity index (χ1) is 13.5. The molecular formula is C22H36N4O2. The molecule has 0 aromatic heterocycles. The Morgan fingerprint density at radius 2 is 2.04 bits per heavy atom. The smallest absolute Gasteiger partial charge is 0.259 e. The maximum atomic E-state index is 11.7. The first kappa shape index (κ1) is 23.5. The second-order valence-electron chi connectivity index (χ2n) is 6.95. The molecule has 28 heavy (non-hydrogen) atoms. The van der Waals surface area contributed by atoms with Crippen molar-refractivity contribution < 1.29 is 9.53 Å². The van der Waals surface area contributed by atoms with Crippen LogP contribution in [0.5, 0.6) is 5.75 Å². The maximum absolute atomic E-state index is 11.7. The number of benzene rings is 1. The molecule has 6 nitrogen and oxygen atoms in total. The second kappa shape index (κ2) is 13.6. The van der Waals surface area contributed by atoms with E-state index in [9.17, 15) is 4.79 Å². The van der Waals surface area contributed by atoms with Gasteiger partial charge in [0.25, 0.3) is 5.91 Å². The van der Waals surface area contributed by atoms with Crippen molar-refractivity contribution in [3.8, 4) is 5.75 Å². The first-order valence-electron chi connectivity index (χ1n) is 10.00. The van der Waals surface area contributed by atoms with Crippen LogP contribution in [0.1, 0.15) is 38.2 Å². The molecule has 1 rings (SSSR count). The van der Waals surface area contributed by atoms with Crippen LogP contribution in [0.2, 0.25) is 0 Å². The molecule has 1 aromatic carbocycles. The van der Waals surface area contributed by atoms with Crippen molar-refractivity contribution in [2.24, 2.45) is 4.99 Å². The molecule has 156 valence electrons. The molecule has 0 atom stereocenters. The van der Waals surface area contributed by atoms with Gasteiger partial charge in [0.2, 0.25) is 0 Å². The molecule has 1 aromatic rings. The number of carbonyl (C=O) groups is 1. The quantitative estimate of drug-likeness (QED) is 0.258. The lowest BCUT2D eigenvalue weighted by molar-refractivity contribution is -0.130. The molecule has 0 bridgehead atoms. The van der Waals surface area contributed by atoms with E-state index in [0.717, 1.165) is 37.5 Å². The van der Waals surface area contributed by atoms with Gasteiger partial charge in [0.15, 0.2) is 12.6 Å². The van der Waals surface area contributed by atoms with Crippen LogP contribution < -0.4 is 10.1 Å². The van der Waals surface area contributed by atoms with E-state index in [1.165, 1.54) is 17.7 Å². The highest BCUT2D eigenvalue weighted by Gasteiger charge is 2.07. The average Bonchev–Trinajstić information content (AvgIpc) is 2.69. The van der Waals surface area contributed by atoms with Crippen molar-refractivity contribution in [2.45, 2.75) is 39.2 Å². The van der Waals surface area contributed by atoms with Gasteiger partial charge in [-0.25, -0.2) is 4.99 Å². The summed E-state index contributed by atoms with van der Waals surface area (Å²) in [6.45, 7) is 8.23. The summed E-state index contributed by atoms with van der Waals surface area (Å²) in [7, 11) is 5.51. The molecule has 0 unspecified atom stereocenters. The predicted octanol–water partition coefficient (Wildman–Crippen LogP) is 3.30. The fraction of sp³-hybridized carbons (Fsp3) is 0.545. The van der Waals surface area contributed by atoms with Gasteiger partial charge in [-0.2, -0.15) is 0 Å². The fourth-order valence-corrected chi connectivity index (χ4v) is 2.56. The predicted molar refractivity (Wildman–Crippen MR) is 117 cm³/mol. The van der Waals surface area contributed by atoms with Gasteiger partial charge in [0.1, 0.15) is 5.75 Å². The Labute approximate surface area is 170 Å². The molecule has 0 radical (unpaired) electrons. The number of aliphatic imine (C=N–C) groups is 1. The number of amides is 1. The lowest BCUT2D eigenvalue weighted by Gasteiger charge is -2.22. The zero-order chi connectivity index (χ0) is 20.8. The number of unbranched alkanes of at least 4 members (excludes halogenated alkanes) is 3. The van der Waals surface area contributed by atoms with Crippen molar-refractivity contribution in [3.05, 3.63) is 42.5 Å². The third-order valence-corrected chi connectivity index (χ3v) is 4.27. The number of hydrogen-bond donors (Lipinski definition) is 1. The Bertz CT molecular complexity index is 629. The summed E-state index contributed by atoms with van der Waals surface area (Å²) < 4.78 is 5.58. The molecule has 0 aliphatic carbocycles. The van der Waals surface area contributed by atoms with E-state index in [1.807, 2.05) is 30.3 Å². The fourth-order valence-electron chi connectivity index (χ4n) is 2.56. The number of carbonyl (C=O) groups excluding carboxylic acids is 1. The van der Waals surface area contributed by atoms with Crippen LogP contribution in [0, 0.1) is 0 Å². The van der Waals surface area contributed by atoms with E-state index in [2.05, 4.69) is 30.8 Å². The zero-order valence-corrected chi connectivity index (χ0v) is 17.9. The lowest BCUT2D eigenvalue weighted by atomic mass is 10.2. The van der Waals surface area contributed by atoms with Gasteiger partial charge in [-0.1, -0.05) is 24.6 Å². The van der Waals surface area contributed by atoms with E-state index in [-0.39, 0.29) is 12.5 Å². The third kappa shape index (κ3) is 9.44. The molecule has 0 saturated heterocycles. The standard InChI is InChI=1S/C22H36N4O2/c1-6-8-9-10-11-15-26(5)22(23-7-2)24-17-19-13-12-14-20(16-19)28-18-21(27)25(3)4/h6,12-14,16H,1,7-11,15,17-18H2,2-5H3,(H,23,24). The highest BCUT2D eigenvalue weighted by atomic mass is 16.5. The average molecular weight is 389 g/mol. The monoisotopic (exact) mass is 388 g/mol. The number of hydrogen-bond acceptors (Lipinski definition) is 3. The van der Waals surface area contributed by atoms with Gasteiger partial charge >= 0.3 is 0 Å². The lowest BCUT2D eigenvalue weighted by Crippen LogP contribution is -2.39. The van der Waals surface area contributed by atoms with Gasteiger partial charge in [-0.05, 0) is 43.9 Å². The van der Waals surface area contributed by atoms with Crippen LogP contribution in [0.25, 0.3) is 0 Å². The van der Waals surface area contributed by atoms with Crippen molar-refractivity contribution in [3.63, 3.8) is 0 Å². The van der Waals surface area contributed by atoms with Crippen LogP contribution in [0.3, 0.4) is 0 Å². The van der Waals surface area contributed by atoms with Crippen molar-refractivity contribution >= 4 is 11.9 Å². The molecular weight excluding hydrogens is 352 g/mol. The minimum absolute atomic E-state index is 0.0386. The Morgan fingerprint density at radius 1 is 1.25 bits per heavy atom. The van der Waals surface area contributed by atoms with Crippen LogP contribution in [0.4, 0.5) is 0 Å². The minimum Gasteiger partial charge on any atom is -0.484 e. The van der Waals surface area contributed by atoms with Gasteiger partial charge in [0, 0.05) is 34.2 Å². The number of ether oxygens (including phenoxy) is 1. The number of allylic oxidation sites excluding steroid dienone is 1. The summed E-state index contributed by atoms with van der Waals surface area (Å²) in [5, 5.41) is 3.35. The van der Waals surface area contributed by atoms with Crippen LogP contribution in [0.15, 0.2) is 41.9 Å². The summed E-state index contributed by atoms with van der Waals surface area (Å²) in [5.41, 5.74) is 1.05. The number of nitrogens with zero attached hydrogens (tertiary/aromatic N) is 3. The van der Waals surface area contributed by atoms with E-state index in [4.69, 9.17) is 9.73 Å². The molecule has 1 amide bonds. The normalized spacial score (nSPS) is 11.1. The zero-order valence-electron chi connectivity index (χ0n) is 17.9. The topological polar surface area (TPSA) is 57.2 Å². The molecule has 0 spiro atoms. The molecule has 0 aliphatic heterocycles.